The van der Waals surface area contributed by atoms with Crippen LogP contribution in [0.4, 0.5) is 0 Å². The zero-order chi connectivity index (χ0) is 18.5. The molecule has 2 aromatic rings. The number of hydrogen-bond acceptors (Lipinski definition) is 5. The third-order valence-electron chi connectivity index (χ3n) is 5.26. The normalized spacial score (nSPS) is 17.7. The Bertz CT molecular complexity index is 792. The fourth-order valence-corrected chi connectivity index (χ4v) is 4.26. The highest BCUT2D eigenvalue weighted by atomic mass is 127. The summed E-state index contributed by atoms with van der Waals surface area (Å²) >= 11 is 1.74. The van der Waals surface area contributed by atoms with E-state index in [9.17, 15) is 0 Å². The molecule has 4 rings (SSSR count). The fraction of sp³-hybridized carbons (Fsp3) is 0.450. The fourth-order valence-electron chi connectivity index (χ4n) is 3.61. The minimum atomic E-state index is -0.0141. The van der Waals surface area contributed by atoms with Crippen molar-refractivity contribution in [3.05, 3.63) is 46.2 Å². The van der Waals surface area contributed by atoms with Gasteiger partial charge in [-0.3, -0.25) is 4.99 Å². The minimum absolute atomic E-state index is 0. The van der Waals surface area contributed by atoms with Gasteiger partial charge < -0.3 is 24.8 Å². The summed E-state index contributed by atoms with van der Waals surface area (Å²) in [6.07, 6.45) is 1.92. The Balaban J connectivity index is 0.00000225. The predicted octanol–water partition coefficient (Wildman–Crippen LogP) is 3.51. The third-order valence-corrected chi connectivity index (χ3v) is 6.14. The molecule has 0 saturated carbocycles. The molecule has 152 valence electrons. The second kappa shape index (κ2) is 9.80. The van der Waals surface area contributed by atoms with Gasteiger partial charge in [0.1, 0.15) is 0 Å². The highest BCUT2D eigenvalue weighted by Gasteiger charge is 2.35. The number of aliphatic imine (C=N–C) groups is 1. The van der Waals surface area contributed by atoms with Crippen LogP contribution in [0.1, 0.15) is 23.3 Å². The highest BCUT2D eigenvalue weighted by Crippen LogP contribution is 2.40. The van der Waals surface area contributed by atoms with Gasteiger partial charge in [-0.25, -0.2) is 0 Å². The molecule has 6 nitrogen and oxygen atoms in total. The van der Waals surface area contributed by atoms with E-state index < -0.39 is 0 Å². The summed E-state index contributed by atoms with van der Waals surface area (Å²) in [6, 6.07) is 10.5. The lowest BCUT2D eigenvalue weighted by molar-refractivity contribution is 0.0513. The van der Waals surface area contributed by atoms with Gasteiger partial charge >= 0.3 is 0 Å². The maximum atomic E-state index is 5.64. The van der Waals surface area contributed by atoms with Gasteiger partial charge in [0, 0.05) is 37.1 Å². The number of rotatable bonds is 5. The van der Waals surface area contributed by atoms with Crippen molar-refractivity contribution in [2.45, 2.75) is 24.8 Å². The molecule has 1 fully saturated rings. The maximum Gasteiger partial charge on any atom is 0.231 e. The van der Waals surface area contributed by atoms with Crippen LogP contribution in [0.15, 0.2) is 40.7 Å². The van der Waals surface area contributed by atoms with Crippen molar-refractivity contribution < 1.29 is 14.2 Å². The van der Waals surface area contributed by atoms with Crippen molar-refractivity contribution in [1.29, 1.82) is 0 Å². The summed E-state index contributed by atoms with van der Waals surface area (Å²) in [4.78, 5) is 5.66. The predicted molar refractivity (Wildman–Crippen MR) is 122 cm³/mol. The van der Waals surface area contributed by atoms with Crippen LogP contribution in [-0.2, 0) is 16.7 Å². The minimum Gasteiger partial charge on any atom is -0.454 e. The van der Waals surface area contributed by atoms with Gasteiger partial charge in [-0.1, -0.05) is 12.1 Å². The lowest BCUT2D eigenvalue weighted by atomic mass is 9.74. The van der Waals surface area contributed by atoms with Gasteiger partial charge in [-0.15, -0.1) is 35.3 Å². The molecule has 1 saturated heterocycles. The van der Waals surface area contributed by atoms with Crippen LogP contribution >= 0.6 is 35.3 Å². The molecule has 0 aliphatic carbocycles. The lowest BCUT2D eigenvalue weighted by Crippen LogP contribution is -2.47. The molecule has 0 radical (unpaired) electrons. The lowest BCUT2D eigenvalue weighted by Gasteiger charge is -2.38. The van der Waals surface area contributed by atoms with Gasteiger partial charge in [0.2, 0.25) is 6.79 Å². The van der Waals surface area contributed by atoms with Gasteiger partial charge in [-0.05, 0) is 42.0 Å². The van der Waals surface area contributed by atoms with Crippen molar-refractivity contribution in [2.24, 2.45) is 4.99 Å². The molecule has 2 aliphatic heterocycles. The average molecular weight is 515 g/mol. The van der Waals surface area contributed by atoms with E-state index >= 15 is 0 Å². The van der Waals surface area contributed by atoms with Gasteiger partial charge in [0.25, 0.3) is 0 Å². The van der Waals surface area contributed by atoms with E-state index in [4.69, 9.17) is 14.2 Å². The molecule has 2 N–H and O–H groups in total. The zero-order valence-corrected chi connectivity index (χ0v) is 19.0. The van der Waals surface area contributed by atoms with Crippen LogP contribution in [0, 0.1) is 0 Å². The van der Waals surface area contributed by atoms with Crippen molar-refractivity contribution >= 4 is 41.3 Å². The summed E-state index contributed by atoms with van der Waals surface area (Å²) in [5.41, 5.74) is 1.25. The summed E-state index contributed by atoms with van der Waals surface area (Å²) in [5, 5.41) is 9.01. The van der Waals surface area contributed by atoms with E-state index in [-0.39, 0.29) is 29.4 Å². The topological polar surface area (TPSA) is 64.1 Å². The molecule has 0 unspecified atom stereocenters. The SMILES string of the molecule is CN=C(NCc1cccs1)NCC1(c2ccc3c(c2)OCO3)CCOCC1.I. The molecule has 2 aliphatic rings. The Kier molecular flexibility index (Phi) is 7.42. The summed E-state index contributed by atoms with van der Waals surface area (Å²) < 4.78 is 16.7. The number of guanidine groups is 1. The molecule has 1 aromatic heterocycles. The number of nitrogens with zero attached hydrogens (tertiary/aromatic N) is 1. The summed E-state index contributed by atoms with van der Waals surface area (Å²) in [7, 11) is 1.81. The van der Waals surface area contributed by atoms with Gasteiger partial charge in [0.05, 0.1) is 6.54 Å². The van der Waals surface area contributed by atoms with Gasteiger partial charge in [-0.2, -0.15) is 0 Å². The molecule has 8 heteroatoms. The number of ether oxygens (including phenoxy) is 3. The number of thiophene rings is 1. The highest BCUT2D eigenvalue weighted by molar-refractivity contribution is 14.0. The Labute approximate surface area is 186 Å². The van der Waals surface area contributed by atoms with E-state index in [1.165, 1.54) is 10.4 Å². The smallest absolute Gasteiger partial charge is 0.231 e. The Morgan fingerprint density at radius 2 is 1.96 bits per heavy atom. The molecule has 0 spiro atoms. The van der Waals surface area contributed by atoms with Crippen LogP contribution in [0.5, 0.6) is 11.5 Å². The standard InChI is InChI=1S/C20H25N3O3S.HI/c1-21-19(22-12-16-3-2-10-27-16)23-13-20(6-8-24-9-7-20)15-4-5-17-18(11-15)26-14-25-17;/h2-5,10-11H,6-9,12-14H2,1H3,(H2,21,22,23);1H. The van der Waals surface area contributed by atoms with Crippen molar-refractivity contribution in [3.63, 3.8) is 0 Å². The second-order valence-electron chi connectivity index (χ2n) is 6.82. The van der Waals surface area contributed by atoms with E-state index in [1.54, 1.807) is 18.4 Å². The van der Waals surface area contributed by atoms with Crippen LogP contribution < -0.4 is 20.1 Å². The largest absolute Gasteiger partial charge is 0.454 e. The molecule has 1 aromatic carbocycles. The molecular formula is C20H26IN3O3S. The zero-order valence-electron chi connectivity index (χ0n) is 15.9. The molecular weight excluding hydrogens is 489 g/mol. The van der Waals surface area contributed by atoms with Crippen molar-refractivity contribution in [2.75, 3.05) is 33.6 Å². The van der Waals surface area contributed by atoms with E-state index in [0.717, 1.165) is 56.6 Å². The second-order valence-corrected chi connectivity index (χ2v) is 7.85. The number of benzene rings is 1. The third kappa shape index (κ3) is 4.72. The first-order chi connectivity index (χ1) is 13.3. The van der Waals surface area contributed by atoms with Gasteiger partial charge in [0.15, 0.2) is 17.5 Å². The number of fused-ring (bicyclic) bond motifs is 1. The average Bonchev–Trinajstić information content (AvgIpc) is 3.40. The summed E-state index contributed by atoms with van der Waals surface area (Å²) in [5.74, 6) is 2.47. The van der Waals surface area contributed by atoms with Crippen LogP contribution in [0.2, 0.25) is 0 Å². The van der Waals surface area contributed by atoms with E-state index in [1.807, 2.05) is 6.07 Å². The first kappa shape index (κ1) is 21.2. The van der Waals surface area contributed by atoms with Crippen LogP contribution in [-0.4, -0.2) is 39.6 Å². The Hall–Kier alpha value is -1.52. The molecule has 28 heavy (non-hydrogen) atoms. The first-order valence-electron chi connectivity index (χ1n) is 9.24. The van der Waals surface area contributed by atoms with Crippen molar-refractivity contribution in [3.8, 4) is 11.5 Å². The summed E-state index contributed by atoms with van der Waals surface area (Å²) in [6.45, 7) is 3.39. The Morgan fingerprint density at radius 1 is 1.14 bits per heavy atom. The number of halogens is 1. The maximum absolute atomic E-state index is 5.64. The monoisotopic (exact) mass is 515 g/mol. The van der Waals surface area contributed by atoms with Crippen molar-refractivity contribution in [1.82, 2.24) is 10.6 Å². The Morgan fingerprint density at radius 3 is 2.71 bits per heavy atom. The van der Waals surface area contributed by atoms with E-state index in [2.05, 4.69) is 45.3 Å². The molecule has 0 bridgehead atoms. The molecule has 3 heterocycles. The quantitative estimate of drug-likeness (QED) is 0.363. The first-order valence-corrected chi connectivity index (χ1v) is 10.1. The molecule has 0 atom stereocenters. The number of hydrogen-bond donors (Lipinski definition) is 2. The van der Waals surface area contributed by atoms with Crippen LogP contribution in [0.25, 0.3) is 0 Å². The van der Waals surface area contributed by atoms with E-state index in [0.29, 0.717) is 6.79 Å². The number of nitrogens with one attached hydrogen (secondary N) is 2. The van der Waals surface area contributed by atoms with Crippen LogP contribution in [0.3, 0.4) is 0 Å². The molecule has 0 amide bonds.